The van der Waals surface area contributed by atoms with Crippen LogP contribution in [0.5, 0.6) is 5.75 Å². The molecule has 0 spiro atoms. The van der Waals surface area contributed by atoms with E-state index in [1.807, 2.05) is 24.3 Å². The summed E-state index contributed by atoms with van der Waals surface area (Å²) in [5.41, 5.74) is 2.75. The molecule has 206 valence electrons. The van der Waals surface area contributed by atoms with E-state index in [1.54, 1.807) is 6.07 Å². The zero-order valence-electron chi connectivity index (χ0n) is 21.9. The normalized spacial score (nSPS) is 14.6. The minimum absolute atomic E-state index is 0.103. The molecule has 1 aliphatic rings. The number of thiazole rings is 1. The van der Waals surface area contributed by atoms with Crippen LogP contribution in [0.3, 0.4) is 0 Å². The average molecular weight is 559 g/mol. The molecule has 1 heterocycles. The van der Waals surface area contributed by atoms with E-state index < -0.39 is 0 Å². The quantitative estimate of drug-likeness (QED) is 0.177. The van der Waals surface area contributed by atoms with Gasteiger partial charge in [-0.2, -0.15) is 0 Å². The Hall–Kier alpha value is -2.39. The number of H-pyrrole nitrogens is 1. The van der Waals surface area contributed by atoms with Crippen molar-refractivity contribution >= 4 is 39.1 Å². The molecule has 38 heavy (non-hydrogen) atoms. The number of benzene rings is 2. The van der Waals surface area contributed by atoms with E-state index in [0.717, 1.165) is 71.9 Å². The fourth-order valence-corrected chi connectivity index (χ4v) is 6.40. The van der Waals surface area contributed by atoms with Crippen molar-refractivity contribution in [2.45, 2.75) is 63.8 Å². The van der Waals surface area contributed by atoms with Gasteiger partial charge in [-0.15, -0.1) is 0 Å². The number of phenols is 1. The van der Waals surface area contributed by atoms with Crippen LogP contribution in [-0.4, -0.2) is 59.7 Å². The molecule has 0 atom stereocenters. The number of aromatic hydroxyl groups is 1. The van der Waals surface area contributed by atoms with Crippen LogP contribution >= 0.6 is 22.9 Å². The van der Waals surface area contributed by atoms with E-state index in [-0.39, 0.29) is 16.5 Å². The summed E-state index contributed by atoms with van der Waals surface area (Å²) in [6, 6.07) is 11.7. The van der Waals surface area contributed by atoms with Crippen molar-refractivity contribution in [1.29, 1.82) is 0 Å². The van der Waals surface area contributed by atoms with Crippen molar-refractivity contribution < 1.29 is 9.90 Å². The fraction of sp³-hybridized carbons (Fsp3) is 0.517. The smallest absolute Gasteiger partial charge is 0.305 e. The number of halogens is 1. The third kappa shape index (κ3) is 8.30. The van der Waals surface area contributed by atoms with Gasteiger partial charge in [0.05, 0.1) is 4.70 Å². The van der Waals surface area contributed by atoms with Crippen molar-refractivity contribution in [3.8, 4) is 5.75 Å². The van der Waals surface area contributed by atoms with Gasteiger partial charge in [-0.3, -0.25) is 9.59 Å². The van der Waals surface area contributed by atoms with Crippen LogP contribution in [-0.2, 0) is 17.6 Å². The highest BCUT2D eigenvalue weighted by molar-refractivity contribution is 7.16. The number of carbonyl (C=O) groups excluding carboxylic acids is 1. The summed E-state index contributed by atoms with van der Waals surface area (Å²) >= 11 is 7.20. The van der Waals surface area contributed by atoms with Crippen LogP contribution in [0.25, 0.3) is 10.2 Å². The fourth-order valence-electron chi connectivity index (χ4n) is 5.29. The van der Waals surface area contributed by atoms with Gasteiger partial charge in [0.1, 0.15) is 11.3 Å². The lowest BCUT2D eigenvalue weighted by Crippen LogP contribution is -2.45. The van der Waals surface area contributed by atoms with E-state index in [9.17, 15) is 14.7 Å². The molecular formula is C29H39ClN4O3S. The molecule has 1 amide bonds. The number of nitrogens with zero attached hydrogens (tertiary/aromatic N) is 1. The standard InChI is InChI=1S/C29H39ClN4O3S/c30-23-7-5-6-21(20-23)12-15-31-17-14-26(36)34(24-8-3-1-2-4-9-24)19-18-32-16-13-22-10-11-25(35)27-28(22)38-29(37)33-27/h5-7,10-11,20,24,31-32,35H,1-4,8-9,12-19H2,(H,33,37). The number of nitrogens with one attached hydrogen (secondary N) is 3. The molecule has 7 nitrogen and oxygen atoms in total. The third-order valence-corrected chi connectivity index (χ3v) is 8.51. The van der Waals surface area contributed by atoms with Gasteiger partial charge in [0.25, 0.3) is 0 Å². The number of phenolic OH excluding ortho intramolecular Hbond substituents is 1. The molecule has 0 bridgehead atoms. The Morgan fingerprint density at radius 2 is 1.79 bits per heavy atom. The van der Waals surface area contributed by atoms with Gasteiger partial charge in [0.15, 0.2) is 0 Å². The largest absolute Gasteiger partial charge is 0.506 e. The highest BCUT2D eigenvalue weighted by Crippen LogP contribution is 2.28. The minimum atomic E-state index is -0.160. The lowest BCUT2D eigenvalue weighted by atomic mass is 10.1. The maximum absolute atomic E-state index is 13.3. The van der Waals surface area contributed by atoms with Crippen molar-refractivity contribution in [2.75, 3.05) is 32.7 Å². The molecule has 1 saturated carbocycles. The summed E-state index contributed by atoms with van der Waals surface area (Å²) in [5, 5.41) is 17.7. The minimum Gasteiger partial charge on any atom is -0.506 e. The van der Waals surface area contributed by atoms with Crippen LogP contribution < -0.4 is 15.5 Å². The number of hydrogen-bond acceptors (Lipinski definition) is 6. The molecule has 0 saturated heterocycles. The van der Waals surface area contributed by atoms with Crippen LogP contribution in [0.1, 0.15) is 56.1 Å². The van der Waals surface area contributed by atoms with Crippen molar-refractivity contribution in [3.05, 3.63) is 62.2 Å². The number of carbonyl (C=O) groups is 1. The monoisotopic (exact) mass is 558 g/mol. The first-order chi connectivity index (χ1) is 18.5. The number of aromatic nitrogens is 1. The molecule has 0 aliphatic heterocycles. The zero-order chi connectivity index (χ0) is 26.7. The lowest BCUT2D eigenvalue weighted by molar-refractivity contribution is -0.133. The molecule has 1 fully saturated rings. The molecule has 0 unspecified atom stereocenters. The van der Waals surface area contributed by atoms with Gasteiger partial charge < -0.3 is 25.6 Å². The summed E-state index contributed by atoms with van der Waals surface area (Å²) < 4.78 is 0.815. The molecular weight excluding hydrogens is 520 g/mol. The Labute approximate surface area is 233 Å². The highest BCUT2D eigenvalue weighted by Gasteiger charge is 2.24. The molecule has 0 radical (unpaired) electrons. The Balaban J connectivity index is 1.24. The summed E-state index contributed by atoms with van der Waals surface area (Å²) in [7, 11) is 0. The molecule has 4 N–H and O–H groups in total. The maximum Gasteiger partial charge on any atom is 0.305 e. The number of hydrogen-bond donors (Lipinski definition) is 4. The number of rotatable bonds is 13. The summed E-state index contributed by atoms with van der Waals surface area (Å²) in [5.74, 6) is 0.331. The van der Waals surface area contributed by atoms with Crippen molar-refractivity contribution in [3.63, 3.8) is 0 Å². The first-order valence-electron chi connectivity index (χ1n) is 13.8. The first kappa shape index (κ1) is 28.6. The number of fused-ring (bicyclic) bond motifs is 1. The first-order valence-corrected chi connectivity index (χ1v) is 15.0. The van der Waals surface area contributed by atoms with E-state index in [2.05, 4.69) is 26.6 Å². The molecule has 9 heteroatoms. The molecule has 2 aromatic carbocycles. The molecule has 1 aromatic heterocycles. The SMILES string of the molecule is O=C(CCNCCc1cccc(Cl)c1)N(CCNCCc1ccc(O)c2[nH]c(=O)sc12)C1CCCCCC1. The molecule has 4 rings (SSSR count). The van der Waals surface area contributed by atoms with Crippen LogP contribution in [0.4, 0.5) is 0 Å². The predicted molar refractivity (Wildman–Crippen MR) is 157 cm³/mol. The Morgan fingerprint density at radius 3 is 2.58 bits per heavy atom. The second-order valence-corrected chi connectivity index (χ2v) is 11.5. The van der Waals surface area contributed by atoms with E-state index in [0.29, 0.717) is 31.1 Å². The van der Waals surface area contributed by atoms with Gasteiger partial charge >= 0.3 is 4.87 Å². The lowest BCUT2D eigenvalue weighted by Gasteiger charge is -2.32. The van der Waals surface area contributed by atoms with E-state index in [1.165, 1.54) is 31.2 Å². The Bertz CT molecular complexity index is 1240. The Morgan fingerprint density at radius 1 is 1.03 bits per heavy atom. The van der Waals surface area contributed by atoms with Gasteiger partial charge in [-0.05, 0) is 68.1 Å². The summed E-state index contributed by atoms with van der Waals surface area (Å²) in [6.07, 6.45) is 9.21. The second kappa shape index (κ2) is 14.7. The number of amides is 1. The predicted octanol–water partition coefficient (Wildman–Crippen LogP) is 4.85. The summed E-state index contributed by atoms with van der Waals surface area (Å²) in [6.45, 7) is 3.67. The number of aromatic amines is 1. The molecule has 3 aromatic rings. The van der Waals surface area contributed by atoms with Crippen LogP contribution in [0, 0.1) is 0 Å². The molecule has 1 aliphatic carbocycles. The maximum atomic E-state index is 13.3. The summed E-state index contributed by atoms with van der Waals surface area (Å²) in [4.78, 5) is 29.7. The van der Waals surface area contributed by atoms with Gasteiger partial charge in [-0.1, -0.05) is 66.8 Å². The Kier molecular flexibility index (Phi) is 11.1. The van der Waals surface area contributed by atoms with Gasteiger partial charge in [0, 0.05) is 37.1 Å². The van der Waals surface area contributed by atoms with Crippen molar-refractivity contribution in [2.24, 2.45) is 0 Å². The zero-order valence-corrected chi connectivity index (χ0v) is 23.5. The average Bonchev–Trinajstić information content (AvgIpc) is 3.11. The van der Waals surface area contributed by atoms with Crippen LogP contribution in [0.15, 0.2) is 41.2 Å². The second-order valence-electron chi connectivity index (χ2n) is 10.1. The topological polar surface area (TPSA) is 97.5 Å². The van der Waals surface area contributed by atoms with Crippen molar-refractivity contribution in [1.82, 2.24) is 20.5 Å². The van der Waals surface area contributed by atoms with Crippen LogP contribution in [0.2, 0.25) is 5.02 Å². The highest BCUT2D eigenvalue weighted by atomic mass is 35.5. The van der Waals surface area contributed by atoms with Gasteiger partial charge in [-0.25, -0.2) is 0 Å². The van der Waals surface area contributed by atoms with E-state index in [4.69, 9.17) is 11.6 Å². The third-order valence-electron chi connectivity index (χ3n) is 7.32. The van der Waals surface area contributed by atoms with Gasteiger partial charge in [0.2, 0.25) is 5.91 Å². The van der Waals surface area contributed by atoms with E-state index >= 15 is 0 Å².